The molecule has 1 aromatic rings. The Kier molecular flexibility index (Phi) is 5.44. The predicted molar refractivity (Wildman–Crippen MR) is 69.9 cm³/mol. The average molecular weight is 303 g/mol. The van der Waals surface area contributed by atoms with E-state index in [1.54, 1.807) is 0 Å². The fourth-order valence-electron chi connectivity index (χ4n) is 2.17. The van der Waals surface area contributed by atoms with Gasteiger partial charge >= 0.3 is 6.61 Å². The van der Waals surface area contributed by atoms with E-state index >= 15 is 0 Å². The number of alkyl halides is 2. The fraction of sp³-hybridized carbons (Fsp3) is 0.500. The largest absolute Gasteiger partial charge is 0.432 e. The summed E-state index contributed by atoms with van der Waals surface area (Å²) in [4.78, 5) is 11.8. The first-order valence-corrected chi connectivity index (χ1v) is 6.70. The van der Waals surface area contributed by atoms with E-state index in [-0.39, 0.29) is 24.1 Å². The highest BCUT2D eigenvalue weighted by atomic mass is 19.3. The summed E-state index contributed by atoms with van der Waals surface area (Å²) < 4.78 is 47.1. The Labute approximate surface area is 120 Å². The number of carbonyl (C=O) groups is 1. The van der Waals surface area contributed by atoms with Crippen molar-refractivity contribution in [2.45, 2.75) is 38.4 Å². The number of halogens is 3. The normalized spacial score (nSPS) is 18.0. The maximum absolute atomic E-state index is 13.0. The van der Waals surface area contributed by atoms with E-state index in [2.05, 4.69) is 10.1 Å². The maximum Gasteiger partial charge on any atom is 0.387 e. The first kappa shape index (κ1) is 15.6. The lowest BCUT2D eigenvalue weighted by Crippen LogP contribution is -2.16. The second kappa shape index (κ2) is 7.31. The van der Waals surface area contributed by atoms with Gasteiger partial charge in [-0.25, -0.2) is 4.39 Å². The second-order valence-electron chi connectivity index (χ2n) is 4.74. The van der Waals surface area contributed by atoms with Crippen LogP contribution in [-0.4, -0.2) is 25.2 Å². The number of benzene rings is 1. The van der Waals surface area contributed by atoms with E-state index in [4.69, 9.17) is 4.74 Å². The molecule has 0 unspecified atom stereocenters. The minimum atomic E-state index is -3.09. The molecule has 1 atom stereocenters. The molecule has 0 radical (unpaired) electrons. The molecule has 0 aromatic heterocycles. The van der Waals surface area contributed by atoms with Crippen LogP contribution in [0.5, 0.6) is 5.75 Å². The molecule has 0 saturated carbocycles. The van der Waals surface area contributed by atoms with Gasteiger partial charge in [-0.05, 0) is 31.4 Å². The van der Waals surface area contributed by atoms with Gasteiger partial charge in [0, 0.05) is 19.1 Å². The number of carbonyl (C=O) groups excluding carboxylic acids is 1. The summed E-state index contributed by atoms with van der Waals surface area (Å²) in [6.45, 7) is -2.38. The number of hydrogen-bond acceptors (Lipinski definition) is 3. The van der Waals surface area contributed by atoms with Crippen molar-refractivity contribution in [3.05, 3.63) is 24.0 Å². The number of nitrogens with one attached hydrogen (secondary N) is 1. The average Bonchev–Trinajstić information content (AvgIpc) is 2.92. The highest BCUT2D eigenvalue weighted by Crippen LogP contribution is 2.27. The minimum Gasteiger partial charge on any atom is -0.432 e. The van der Waals surface area contributed by atoms with Crippen LogP contribution in [-0.2, 0) is 9.53 Å². The Balaban J connectivity index is 1.92. The smallest absolute Gasteiger partial charge is 0.387 e. The summed E-state index contributed by atoms with van der Waals surface area (Å²) in [6.07, 6.45) is 2.75. The molecule has 1 aromatic carbocycles. The van der Waals surface area contributed by atoms with Gasteiger partial charge in [0.2, 0.25) is 5.91 Å². The summed E-state index contributed by atoms with van der Waals surface area (Å²) >= 11 is 0. The molecule has 21 heavy (non-hydrogen) atoms. The molecule has 0 bridgehead atoms. The standard InChI is InChI=1S/C14H16F3NO3/c15-9-3-5-11(12(8-9)21-14(16)17)18-13(19)6-4-10-2-1-7-20-10/h3,5,8,10,14H,1-2,4,6-7H2,(H,18,19)/t10-/m0/s1. The van der Waals surface area contributed by atoms with Crippen LogP contribution in [0.2, 0.25) is 0 Å². The lowest BCUT2D eigenvalue weighted by Gasteiger charge is -2.13. The van der Waals surface area contributed by atoms with Gasteiger partial charge in [-0.3, -0.25) is 4.79 Å². The molecule has 1 saturated heterocycles. The number of amides is 1. The van der Waals surface area contributed by atoms with Crippen molar-refractivity contribution in [2.75, 3.05) is 11.9 Å². The van der Waals surface area contributed by atoms with Crippen molar-refractivity contribution >= 4 is 11.6 Å². The van der Waals surface area contributed by atoms with Gasteiger partial charge in [0.05, 0.1) is 11.8 Å². The first-order chi connectivity index (χ1) is 10.0. The summed E-state index contributed by atoms with van der Waals surface area (Å²) in [7, 11) is 0. The van der Waals surface area contributed by atoms with Gasteiger partial charge in [-0.15, -0.1) is 0 Å². The molecular weight excluding hydrogens is 287 g/mol. The zero-order valence-electron chi connectivity index (χ0n) is 11.3. The second-order valence-corrected chi connectivity index (χ2v) is 4.74. The van der Waals surface area contributed by atoms with E-state index in [0.717, 1.165) is 25.0 Å². The van der Waals surface area contributed by atoms with Crippen LogP contribution in [0.15, 0.2) is 18.2 Å². The summed E-state index contributed by atoms with van der Waals surface area (Å²) in [6, 6.07) is 3.06. The molecule has 1 aliphatic rings. The molecule has 7 heteroatoms. The SMILES string of the molecule is O=C(CC[C@@H]1CCCO1)Nc1ccc(F)cc1OC(F)F. The van der Waals surface area contributed by atoms with Crippen LogP contribution in [0.1, 0.15) is 25.7 Å². The molecule has 0 aliphatic carbocycles. The van der Waals surface area contributed by atoms with Crippen molar-refractivity contribution in [3.8, 4) is 5.75 Å². The highest BCUT2D eigenvalue weighted by Gasteiger charge is 2.18. The van der Waals surface area contributed by atoms with Crippen LogP contribution >= 0.6 is 0 Å². The van der Waals surface area contributed by atoms with Gasteiger partial charge in [0.25, 0.3) is 0 Å². The third kappa shape index (κ3) is 4.93. The van der Waals surface area contributed by atoms with Gasteiger partial charge < -0.3 is 14.8 Å². The number of hydrogen-bond donors (Lipinski definition) is 1. The molecule has 1 aliphatic heterocycles. The summed E-state index contributed by atoms with van der Waals surface area (Å²) in [5, 5.41) is 2.45. The van der Waals surface area contributed by atoms with Crippen LogP contribution in [0.25, 0.3) is 0 Å². The molecule has 0 spiro atoms. The number of rotatable bonds is 6. The van der Waals surface area contributed by atoms with Crippen LogP contribution in [0, 0.1) is 5.82 Å². The molecular formula is C14H16F3NO3. The van der Waals surface area contributed by atoms with Crippen LogP contribution < -0.4 is 10.1 Å². The Morgan fingerprint density at radius 1 is 1.48 bits per heavy atom. The van der Waals surface area contributed by atoms with Crippen molar-refractivity contribution < 1.29 is 27.4 Å². The quantitative estimate of drug-likeness (QED) is 0.877. The van der Waals surface area contributed by atoms with Crippen LogP contribution in [0.3, 0.4) is 0 Å². The fourth-order valence-corrected chi connectivity index (χ4v) is 2.17. The Morgan fingerprint density at radius 2 is 2.29 bits per heavy atom. The molecule has 1 N–H and O–H groups in total. The monoisotopic (exact) mass is 303 g/mol. The molecule has 1 fully saturated rings. The topological polar surface area (TPSA) is 47.6 Å². The Bertz CT molecular complexity index is 490. The molecule has 116 valence electrons. The zero-order valence-corrected chi connectivity index (χ0v) is 11.3. The van der Waals surface area contributed by atoms with Crippen LogP contribution in [0.4, 0.5) is 18.9 Å². The minimum absolute atomic E-state index is 0.0223. The molecule has 1 heterocycles. The summed E-state index contributed by atoms with van der Waals surface area (Å²) in [5.41, 5.74) is 0.0223. The first-order valence-electron chi connectivity index (χ1n) is 6.70. The van der Waals surface area contributed by atoms with Crippen molar-refractivity contribution in [3.63, 3.8) is 0 Å². The van der Waals surface area contributed by atoms with Gasteiger partial charge in [-0.1, -0.05) is 0 Å². The van der Waals surface area contributed by atoms with Crippen molar-refractivity contribution in [1.82, 2.24) is 0 Å². The maximum atomic E-state index is 13.0. The lowest BCUT2D eigenvalue weighted by atomic mass is 10.1. The van der Waals surface area contributed by atoms with Gasteiger partial charge in [0.15, 0.2) is 5.75 Å². The van der Waals surface area contributed by atoms with E-state index in [9.17, 15) is 18.0 Å². The lowest BCUT2D eigenvalue weighted by molar-refractivity contribution is -0.116. The van der Waals surface area contributed by atoms with Crippen molar-refractivity contribution in [2.24, 2.45) is 0 Å². The van der Waals surface area contributed by atoms with Crippen molar-refractivity contribution in [1.29, 1.82) is 0 Å². The molecule has 1 amide bonds. The highest BCUT2D eigenvalue weighted by molar-refractivity contribution is 5.92. The van der Waals surface area contributed by atoms with Gasteiger partial charge in [-0.2, -0.15) is 8.78 Å². The Morgan fingerprint density at radius 3 is 2.95 bits per heavy atom. The van der Waals surface area contributed by atoms with E-state index in [1.165, 1.54) is 6.07 Å². The zero-order chi connectivity index (χ0) is 15.2. The third-order valence-electron chi connectivity index (χ3n) is 3.15. The Hall–Kier alpha value is -1.76. The van der Waals surface area contributed by atoms with E-state index in [0.29, 0.717) is 13.0 Å². The third-order valence-corrected chi connectivity index (χ3v) is 3.15. The van der Waals surface area contributed by atoms with E-state index < -0.39 is 18.2 Å². The molecule has 4 nitrogen and oxygen atoms in total. The number of anilines is 1. The number of ether oxygens (including phenoxy) is 2. The summed E-state index contributed by atoms with van der Waals surface area (Å²) in [5.74, 6) is -1.46. The predicted octanol–water partition coefficient (Wildman–Crippen LogP) is 3.32. The van der Waals surface area contributed by atoms with E-state index in [1.807, 2.05) is 0 Å². The van der Waals surface area contributed by atoms with Gasteiger partial charge in [0.1, 0.15) is 5.82 Å². The molecule has 2 rings (SSSR count).